The van der Waals surface area contributed by atoms with Gasteiger partial charge < -0.3 is 15.0 Å². The molecule has 1 aliphatic heterocycles. The van der Waals surface area contributed by atoms with E-state index < -0.39 is 12.1 Å². The summed E-state index contributed by atoms with van der Waals surface area (Å²) in [6.07, 6.45) is 0.281. The Balaban J connectivity index is 1.76. The molecule has 0 bridgehead atoms. The van der Waals surface area contributed by atoms with Crippen LogP contribution in [0, 0.1) is 11.8 Å². The molecule has 1 aromatic carbocycles. The van der Waals surface area contributed by atoms with Gasteiger partial charge in [0.1, 0.15) is 17.5 Å². The molecule has 4 amide bonds. The Morgan fingerprint density at radius 3 is 3.07 bits per heavy atom. The van der Waals surface area contributed by atoms with E-state index in [0.717, 1.165) is 5.56 Å². The molecule has 1 aliphatic rings. The Hall–Kier alpha value is -3.38. The summed E-state index contributed by atoms with van der Waals surface area (Å²) in [5, 5.41) is 6.36. The van der Waals surface area contributed by atoms with Gasteiger partial charge in [-0.25, -0.2) is 9.78 Å². The first-order valence-electron chi connectivity index (χ1n) is 7.97. The maximum absolute atomic E-state index is 12.7. The molecule has 2 aromatic rings. The van der Waals surface area contributed by atoms with Crippen molar-refractivity contribution >= 4 is 29.7 Å². The molecule has 138 valence electrons. The maximum atomic E-state index is 12.7. The van der Waals surface area contributed by atoms with E-state index in [1.165, 1.54) is 11.3 Å². The van der Waals surface area contributed by atoms with Crippen LogP contribution in [0.2, 0.25) is 0 Å². The minimum absolute atomic E-state index is 0.165. The predicted octanol–water partition coefficient (Wildman–Crippen LogP) is 0.983. The monoisotopic (exact) mass is 384 g/mol. The Bertz CT molecular complexity index is 917. The lowest BCUT2D eigenvalue weighted by Gasteiger charge is -2.20. The van der Waals surface area contributed by atoms with Gasteiger partial charge in [0.15, 0.2) is 0 Å². The van der Waals surface area contributed by atoms with Crippen molar-refractivity contribution in [2.75, 3.05) is 13.7 Å². The lowest BCUT2D eigenvalue weighted by atomic mass is 10.1. The molecule has 0 aliphatic carbocycles. The number of carbonyl (C=O) groups is 3. The second kappa shape index (κ2) is 8.33. The van der Waals surface area contributed by atoms with E-state index in [-0.39, 0.29) is 18.9 Å². The Labute approximate surface area is 159 Å². The number of nitrogens with zero attached hydrogens (tertiary/aromatic N) is 2. The molecule has 0 saturated heterocycles. The molecule has 0 spiro atoms. The number of benzene rings is 1. The third-order valence-electron chi connectivity index (χ3n) is 3.90. The highest BCUT2D eigenvalue weighted by atomic mass is 32.1. The van der Waals surface area contributed by atoms with E-state index in [2.05, 4.69) is 22.1 Å². The first-order valence-corrected chi connectivity index (χ1v) is 8.91. The number of amides is 4. The highest BCUT2D eigenvalue weighted by molar-refractivity contribution is 7.07. The van der Waals surface area contributed by atoms with Gasteiger partial charge in [0, 0.05) is 17.5 Å². The van der Waals surface area contributed by atoms with Gasteiger partial charge in [0.25, 0.3) is 5.91 Å². The van der Waals surface area contributed by atoms with Crippen molar-refractivity contribution in [3.05, 3.63) is 45.9 Å². The Kier molecular flexibility index (Phi) is 5.68. The fourth-order valence-corrected chi connectivity index (χ4v) is 3.14. The van der Waals surface area contributed by atoms with Crippen molar-refractivity contribution in [1.29, 1.82) is 0 Å². The predicted molar refractivity (Wildman–Crippen MR) is 98.2 cm³/mol. The van der Waals surface area contributed by atoms with E-state index in [9.17, 15) is 14.4 Å². The summed E-state index contributed by atoms with van der Waals surface area (Å²) in [4.78, 5) is 40.5. The highest BCUT2D eigenvalue weighted by Gasteiger charge is 2.29. The molecule has 8 nitrogen and oxygen atoms in total. The number of nitrogens with one attached hydrogen (secondary N) is 2. The zero-order valence-electron chi connectivity index (χ0n) is 14.4. The van der Waals surface area contributed by atoms with Crippen LogP contribution in [0.25, 0.3) is 0 Å². The van der Waals surface area contributed by atoms with Crippen LogP contribution in [-0.4, -0.2) is 47.9 Å². The minimum atomic E-state index is -0.687. The quantitative estimate of drug-likeness (QED) is 0.591. The number of fused-ring (bicyclic) bond motifs is 1. The van der Waals surface area contributed by atoms with Crippen molar-refractivity contribution in [2.45, 2.75) is 12.6 Å². The summed E-state index contributed by atoms with van der Waals surface area (Å²) in [5.74, 6) is 6.20. The number of urea groups is 1. The van der Waals surface area contributed by atoms with Crippen molar-refractivity contribution < 1.29 is 19.1 Å². The number of ether oxygens (including phenoxy) is 1. The van der Waals surface area contributed by atoms with Crippen LogP contribution in [0.1, 0.15) is 21.6 Å². The second-order valence-corrected chi connectivity index (χ2v) is 6.36. The van der Waals surface area contributed by atoms with Crippen LogP contribution in [0.5, 0.6) is 5.75 Å². The van der Waals surface area contributed by atoms with E-state index in [1.54, 1.807) is 35.0 Å². The average molecular weight is 384 g/mol. The number of imide groups is 1. The van der Waals surface area contributed by atoms with Gasteiger partial charge in [0.05, 0.1) is 19.2 Å². The maximum Gasteiger partial charge on any atom is 0.322 e. The van der Waals surface area contributed by atoms with Gasteiger partial charge in [-0.05, 0) is 23.6 Å². The highest BCUT2D eigenvalue weighted by Crippen LogP contribution is 2.26. The molecular formula is C18H16N4O4S. The van der Waals surface area contributed by atoms with Crippen LogP contribution < -0.4 is 15.4 Å². The zero-order chi connectivity index (χ0) is 19.2. The summed E-state index contributed by atoms with van der Waals surface area (Å²) < 4.78 is 5.17. The molecule has 2 N–H and O–H groups in total. The summed E-state index contributed by atoms with van der Waals surface area (Å²) in [6, 6.07) is 3.97. The van der Waals surface area contributed by atoms with Gasteiger partial charge >= 0.3 is 6.03 Å². The molecule has 3 rings (SSSR count). The summed E-state index contributed by atoms with van der Waals surface area (Å²) in [6.45, 7) is 0.573. The number of hydrogen-bond donors (Lipinski definition) is 2. The van der Waals surface area contributed by atoms with Crippen LogP contribution in [0.4, 0.5) is 4.79 Å². The van der Waals surface area contributed by atoms with Crippen LogP contribution in [0.3, 0.4) is 0 Å². The molecule has 0 fully saturated rings. The van der Waals surface area contributed by atoms with E-state index >= 15 is 0 Å². The van der Waals surface area contributed by atoms with Crippen molar-refractivity contribution in [2.24, 2.45) is 0 Å². The lowest BCUT2D eigenvalue weighted by Crippen LogP contribution is -2.46. The molecule has 1 aromatic heterocycles. The molecule has 1 atom stereocenters. The average Bonchev–Trinajstić information content (AvgIpc) is 3.28. The summed E-state index contributed by atoms with van der Waals surface area (Å²) in [7, 11) is 1.54. The second-order valence-electron chi connectivity index (χ2n) is 5.64. The lowest BCUT2D eigenvalue weighted by molar-refractivity contribution is -0.108. The van der Waals surface area contributed by atoms with Crippen LogP contribution in [0.15, 0.2) is 29.1 Å². The minimum Gasteiger partial charge on any atom is -0.497 e. The number of rotatable bonds is 5. The van der Waals surface area contributed by atoms with Gasteiger partial charge in [-0.3, -0.25) is 14.9 Å². The molecule has 27 heavy (non-hydrogen) atoms. The molecule has 0 saturated carbocycles. The summed E-state index contributed by atoms with van der Waals surface area (Å²) >= 11 is 1.41. The first kappa shape index (κ1) is 18.4. The number of aromatic nitrogens is 1. The molecule has 2 heterocycles. The van der Waals surface area contributed by atoms with Gasteiger partial charge in [-0.1, -0.05) is 12.0 Å². The van der Waals surface area contributed by atoms with E-state index in [4.69, 9.17) is 4.74 Å². The smallest absolute Gasteiger partial charge is 0.322 e. The molecule has 9 heteroatoms. The number of methoxy groups -OCH3 is 1. The number of hydrogen-bond acceptors (Lipinski definition) is 6. The Morgan fingerprint density at radius 1 is 1.52 bits per heavy atom. The first-order chi connectivity index (χ1) is 13.1. The van der Waals surface area contributed by atoms with Crippen LogP contribution in [-0.2, 0) is 11.3 Å². The third kappa shape index (κ3) is 4.43. The SMILES string of the molecule is COc1ccc2c(c1)C(=O)N(C[C@@H](C#Cc1cscn1)NC(=O)NC=O)C2. The van der Waals surface area contributed by atoms with Gasteiger partial charge in [-0.15, -0.1) is 11.3 Å². The topological polar surface area (TPSA) is 101 Å². The fraction of sp³-hybridized carbons (Fsp3) is 0.222. The number of carbonyl (C=O) groups excluding carboxylic acids is 3. The standard InChI is InChI=1S/C18H16N4O4S/c1-26-15-5-2-12-7-22(17(24)16(12)6-15)8-13(21-18(25)19-10-23)3-4-14-9-27-11-20-14/h2,5-6,9-11,13H,7-8H2,1H3,(H2,19,21,23,25)/t13-/m1/s1. The normalized spacial score (nSPS) is 13.2. The molecular weight excluding hydrogens is 368 g/mol. The molecule has 0 radical (unpaired) electrons. The van der Waals surface area contributed by atoms with Gasteiger partial charge in [-0.2, -0.15) is 0 Å². The van der Waals surface area contributed by atoms with Crippen molar-refractivity contribution in [3.63, 3.8) is 0 Å². The van der Waals surface area contributed by atoms with E-state index in [0.29, 0.717) is 23.6 Å². The largest absolute Gasteiger partial charge is 0.497 e. The fourth-order valence-electron chi connectivity index (χ4n) is 2.65. The van der Waals surface area contributed by atoms with E-state index in [1.807, 2.05) is 11.4 Å². The Morgan fingerprint density at radius 2 is 2.37 bits per heavy atom. The third-order valence-corrected chi connectivity index (χ3v) is 4.49. The zero-order valence-corrected chi connectivity index (χ0v) is 15.2. The summed E-state index contributed by atoms with van der Waals surface area (Å²) in [5.41, 5.74) is 3.67. The number of thiazole rings is 1. The molecule has 0 unspecified atom stereocenters. The van der Waals surface area contributed by atoms with Gasteiger partial charge in [0.2, 0.25) is 6.41 Å². The van der Waals surface area contributed by atoms with Crippen LogP contribution >= 0.6 is 11.3 Å². The van der Waals surface area contributed by atoms with Crippen molar-refractivity contribution in [3.8, 4) is 17.6 Å². The van der Waals surface area contributed by atoms with Crippen molar-refractivity contribution in [1.82, 2.24) is 20.5 Å².